The molecule has 0 radical (unpaired) electrons. The van der Waals surface area contributed by atoms with Crippen molar-refractivity contribution >= 4 is 46.6 Å². The lowest BCUT2D eigenvalue weighted by molar-refractivity contribution is -0.115. The van der Waals surface area contributed by atoms with Crippen LogP contribution >= 0.6 is 23.5 Å². The summed E-state index contributed by atoms with van der Waals surface area (Å²) in [5.41, 5.74) is 8.15. The summed E-state index contributed by atoms with van der Waals surface area (Å²) in [6, 6.07) is 22.9. The van der Waals surface area contributed by atoms with Gasteiger partial charge in [-0.05, 0) is 36.4 Å². The maximum Gasteiger partial charge on any atom is 0.242 e. The summed E-state index contributed by atoms with van der Waals surface area (Å²) in [6.45, 7) is 0. The normalized spacial score (nSPS) is 11.8. The second-order valence-corrected chi connectivity index (χ2v) is 9.23. The van der Waals surface area contributed by atoms with Gasteiger partial charge in [-0.25, -0.2) is 4.98 Å². The number of pyridine rings is 1. The topological polar surface area (TPSA) is 120 Å². The van der Waals surface area contributed by atoms with Crippen LogP contribution in [0.1, 0.15) is 11.1 Å². The molecule has 0 saturated heterocycles. The maximum absolute atomic E-state index is 13.5. The number of hydrogen-bond donors (Lipinski definition) is 1. The van der Waals surface area contributed by atoms with Crippen molar-refractivity contribution in [3.05, 3.63) is 78.1 Å². The standard InChI is InChI=1S/C25H15N5O2S2/c26-12-15-23(19-8-5-11-32-19)16(13-27)25(29-24(15)28)33-14-22(31)30-17-6-1-3-9-20(17)34-21-10-4-2-7-18(21)30/h1-11H,14H2,(H2,28,29). The van der Waals surface area contributed by atoms with Crippen molar-refractivity contribution in [1.82, 2.24) is 4.98 Å². The molecular formula is C25H15N5O2S2. The van der Waals surface area contributed by atoms with Gasteiger partial charge in [-0.3, -0.25) is 9.69 Å². The highest BCUT2D eigenvalue weighted by Gasteiger charge is 2.29. The van der Waals surface area contributed by atoms with Crippen molar-refractivity contribution in [3.8, 4) is 23.5 Å². The maximum atomic E-state index is 13.5. The van der Waals surface area contributed by atoms with Crippen LogP contribution in [-0.4, -0.2) is 16.6 Å². The average molecular weight is 482 g/mol. The molecule has 4 aromatic rings. The lowest BCUT2D eigenvalue weighted by Crippen LogP contribution is -2.30. The van der Waals surface area contributed by atoms with Gasteiger partial charge in [-0.15, -0.1) is 0 Å². The van der Waals surface area contributed by atoms with E-state index in [2.05, 4.69) is 11.1 Å². The number of nitriles is 2. The first-order valence-corrected chi connectivity index (χ1v) is 11.9. The SMILES string of the molecule is N#Cc1c(N)nc(SCC(=O)N2c3ccccc3Sc3ccccc32)c(C#N)c1-c1ccco1. The monoisotopic (exact) mass is 481 g/mol. The Hall–Kier alpha value is -4.18. The molecule has 7 nitrogen and oxygen atoms in total. The number of nitrogen functional groups attached to an aromatic ring is 1. The minimum absolute atomic E-state index is 0.0119. The van der Waals surface area contributed by atoms with Crippen LogP contribution in [0.3, 0.4) is 0 Å². The minimum atomic E-state index is -0.168. The highest BCUT2D eigenvalue weighted by Crippen LogP contribution is 2.48. The molecule has 0 bridgehead atoms. The summed E-state index contributed by atoms with van der Waals surface area (Å²) >= 11 is 2.72. The predicted molar refractivity (Wildman–Crippen MR) is 131 cm³/mol. The first-order chi connectivity index (χ1) is 16.6. The highest BCUT2D eigenvalue weighted by molar-refractivity contribution is 8.00. The number of nitrogens with zero attached hydrogens (tertiary/aromatic N) is 4. The molecule has 1 aliphatic rings. The third-order valence-corrected chi connectivity index (χ3v) is 7.29. The summed E-state index contributed by atoms with van der Waals surface area (Å²) < 4.78 is 5.44. The molecule has 0 saturated carbocycles. The number of para-hydroxylation sites is 2. The van der Waals surface area contributed by atoms with Gasteiger partial charge in [0.15, 0.2) is 0 Å². The first kappa shape index (κ1) is 21.7. The van der Waals surface area contributed by atoms with Crippen LogP contribution in [0.4, 0.5) is 17.2 Å². The Bertz CT molecular complexity index is 1460. The van der Waals surface area contributed by atoms with Crippen LogP contribution in [0.2, 0.25) is 0 Å². The number of nitrogens with two attached hydrogens (primary N) is 1. The number of rotatable bonds is 4. The van der Waals surface area contributed by atoms with Crippen molar-refractivity contribution in [2.45, 2.75) is 14.8 Å². The van der Waals surface area contributed by atoms with E-state index in [1.165, 1.54) is 6.26 Å². The Morgan fingerprint density at radius 3 is 2.24 bits per heavy atom. The number of furan rings is 1. The number of fused-ring (bicyclic) bond motifs is 2. The van der Waals surface area contributed by atoms with Gasteiger partial charge in [0.1, 0.15) is 34.3 Å². The van der Waals surface area contributed by atoms with E-state index in [1.807, 2.05) is 54.6 Å². The smallest absolute Gasteiger partial charge is 0.242 e. The molecule has 34 heavy (non-hydrogen) atoms. The highest BCUT2D eigenvalue weighted by atomic mass is 32.2. The number of benzene rings is 2. The fourth-order valence-corrected chi connectivity index (χ4v) is 5.64. The Balaban J connectivity index is 1.51. The number of carbonyl (C=O) groups excluding carboxylic acids is 1. The largest absolute Gasteiger partial charge is 0.464 e. The minimum Gasteiger partial charge on any atom is -0.464 e. The molecule has 0 spiro atoms. The third-order valence-electron chi connectivity index (χ3n) is 5.20. The molecule has 1 amide bonds. The summed E-state index contributed by atoms with van der Waals surface area (Å²) in [5, 5.41) is 19.8. The third kappa shape index (κ3) is 3.67. The number of carbonyl (C=O) groups is 1. The van der Waals surface area contributed by atoms with E-state index in [4.69, 9.17) is 10.2 Å². The van der Waals surface area contributed by atoms with Gasteiger partial charge in [0.05, 0.1) is 34.5 Å². The van der Waals surface area contributed by atoms with Crippen LogP contribution in [0.5, 0.6) is 0 Å². The number of anilines is 3. The predicted octanol–water partition coefficient (Wildman–Crippen LogP) is 5.59. The number of aromatic nitrogens is 1. The van der Waals surface area contributed by atoms with E-state index < -0.39 is 0 Å². The van der Waals surface area contributed by atoms with Gasteiger partial charge in [0, 0.05) is 9.79 Å². The summed E-state index contributed by atoms with van der Waals surface area (Å²) in [4.78, 5) is 21.4. The molecule has 0 unspecified atom stereocenters. The van der Waals surface area contributed by atoms with Gasteiger partial charge < -0.3 is 10.2 Å². The van der Waals surface area contributed by atoms with Crippen LogP contribution in [-0.2, 0) is 4.79 Å². The van der Waals surface area contributed by atoms with Crippen molar-refractivity contribution in [1.29, 1.82) is 10.5 Å². The van der Waals surface area contributed by atoms with E-state index >= 15 is 0 Å². The van der Waals surface area contributed by atoms with Crippen molar-refractivity contribution in [3.63, 3.8) is 0 Å². The van der Waals surface area contributed by atoms with Gasteiger partial charge in [-0.1, -0.05) is 47.8 Å². The summed E-state index contributed by atoms with van der Waals surface area (Å²) in [5.74, 6) is 0.162. The van der Waals surface area contributed by atoms with Gasteiger partial charge in [0.25, 0.3) is 0 Å². The zero-order valence-corrected chi connectivity index (χ0v) is 19.2. The number of amides is 1. The van der Waals surface area contributed by atoms with Crippen molar-refractivity contribution in [2.75, 3.05) is 16.4 Å². The van der Waals surface area contributed by atoms with Gasteiger partial charge >= 0.3 is 0 Å². The molecule has 0 fully saturated rings. The van der Waals surface area contributed by atoms with E-state index in [0.29, 0.717) is 5.76 Å². The second-order valence-electron chi connectivity index (χ2n) is 7.18. The fourth-order valence-electron chi connectivity index (χ4n) is 3.74. The van der Waals surface area contributed by atoms with Crippen molar-refractivity contribution in [2.24, 2.45) is 0 Å². The van der Waals surface area contributed by atoms with Gasteiger partial charge in [-0.2, -0.15) is 10.5 Å². The molecule has 5 rings (SSSR count). The Morgan fingerprint density at radius 1 is 1.00 bits per heavy atom. The Morgan fingerprint density at radius 2 is 1.65 bits per heavy atom. The zero-order chi connectivity index (χ0) is 23.7. The van der Waals surface area contributed by atoms with E-state index in [9.17, 15) is 15.3 Å². The van der Waals surface area contributed by atoms with Crippen molar-refractivity contribution < 1.29 is 9.21 Å². The molecule has 2 aromatic heterocycles. The van der Waals surface area contributed by atoms with E-state index in [0.717, 1.165) is 32.9 Å². The number of hydrogen-bond acceptors (Lipinski definition) is 8. The molecule has 0 atom stereocenters. The lowest BCUT2D eigenvalue weighted by Gasteiger charge is -2.31. The molecule has 2 N–H and O–H groups in total. The summed E-state index contributed by atoms with van der Waals surface area (Å²) in [7, 11) is 0. The molecule has 1 aliphatic heterocycles. The van der Waals surface area contributed by atoms with Crippen LogP contribution in [0.15, 0.2) is 86.2 Å². The Kier molecular flexibility index (Phi) is 5.72. The molecule has 164 valence electrons. The lowest BCUT2D eigenvalue weighted by atomic mass is 10.0. The summed E-state index contributed by atoms with van der Waals surface area (Å²) in [6.07, 6.45) is 1.45. The average Bonchev–Trinajstić information content (AvgIpc) is 3.40. The van der Waals surface area contributed by atoms with Crippen LogP contribution in [0.25, 0.3) is 11.3 Å². The molecule has 0 aliphatic carbocycles. The molecule has 3 heterocycles. The van der Waals surface area contributed by atoms with Crippen LogP contribution in [0, 0.1) is 22.7 Å². The van der Waals surface area contributed by atoms with Gasteiger partial charge in [0.2, 0.25) is 5.91 Å². The Labute approximate surface area is 203 Å². The quantitative estimate of drug-likeness (QED) is 0.375. The second kappa shape index (κ2) is 8.99. The van der Waals surface area contributed by atoms with Crippen LogP contribution < -0.4 is 10.6 Å². The molecular weight excluding hydrogens is 466 g/mol. The molecule has 9 heteroatoms. The molecule has 2 aromatic carbocycles. The van der Waals surface area contributed by atoms with E-state index in [-0.39, 0.29) is 39.2 Å². The number of thioether (sulfide) groups is 1. The first-order valence-electron chi connectivity index (χ1n) is 10.1. The van der Waals surface area contributed by atoms with E-state index in [1.54, 1.807) is 28.8 Å². The fraction of sp³-hybridized carbons (Fsp3) is 0.0400. The zero-order valence-electron chi connectivity index (χ0n) is 17.6.